The Morgan fingerprint density at radius 1 is 1.39 bits per heavy atom. The molecule has 0 unspecified atom stereocenters. The van der Waals surface area contributed by atoms with Crippen molar-refractivity contribution < 1.29 is 19.4 Å². The lowest BCUT2D eigenvalue weighted by Gasteiger charge is -2.17. The van der Waals surface area contributed by atoms with Crippen molar-refractivity contribution in [2.24, 2.45) is 11.8 Å². The number of carboxylic acids is 1. The highest BCUT2D eigenvalue weighted by atomic mass is 16.5. The van der Waals surface area contributed by atoms with Gasteiger partial charge < -0.3 is 15.2 Å². The molecule has 104 valence electrons. The Hall–Kier alpha value is -1.10. The predicted octanol–water partition coefficient (Wildman–Crippen LogP) is 1.42. The minimum atomic E-state index is -0.857. The summed E-state index contributed by atoms with van der Waals surface area (Å²) in [6, 6.07) is 0. The van der Waals surface area contributed by atoms with Gasteiger partial charge in [-0.3, -0.25) is 9.59 Å². The smallest absolute Gasteiger partial charge is 0.308 e. The van der Waals surface area contributed by atoms with E-state index in [2.05, 4.69) is 5.32 Å². The quantitative estimate of drug-likeness (QED) is 0.754. The van der Waals surface area contributed by atoms with E-state index < -0.39 is 18.0 Å². The van der Waals surface area contributed by atoms with Gasteiger partial charge in [0, 0.05) is 6.54 Å². The summed E-state index contributed by atoms with van der Waals surface area (Å²) >= 11 is 0. The fourth-order valence-corrected chi connectivity index (χ4v) is 2.17. The summed E-state index contributed by atoms with van der Waals surface area (Å²) in [4.78, 5) is 22.8. The summed E-state index contributed by atoms with van der Waals surface area (Å²) in [7, 11) is 0. The van der Waals surface area contributed by atoms with E-state index in [4.69, 9.17) is 9.84 Å². The molecule has 1 saturated heterocycles. The van der Waals surface area contributed by atoms with Gasteiger partial charge in [0.25, 0.3) is 0 Å². The maximum Gasteiger partial charge on any atom is 0.308 e. The van der Waals surface area contributed by atoms with Crippen molar-refractivity contribution >= 4 is 11.9 Å². The number of carbonyl (C=O) groups excluding carboxylic acids is 1. The summed E-state index contributed by atoms with van der Waals surface area (Å²) in [5.41, 5.74) is 0. The Bertz CT molecular complexity index is 303. The van der Waals surface area contributed by atoms with Gasteiger partial charge >= 0.3 is 5.97 Å². The molecule has 0 bridgehead atoms. The molecule has 0 saturated carbocycles. The van der Waals surface area contributed by atoms with Gasteiger partial charge in [-0.2, -0.15) is 0 Å². The predicted molar refractivity (Wildman–Crippen MR) is 67.2 cm³/mol. The van der Waals surface area contributed by atoms with Crippen LogP contribution in [0.4, 0.5) is 0 Å². The number of hydrogen-bond donors (Lipinski definition) is 2. The van der Waals surface area contributed by atoms with Crippen molar-refractivity contribution in [1.82, 2.24) is 5.32 Å². The Morgan fingerprint density at radius 3 is 2.50 bits per heavy atom. The van der Waals surface area contributed by atoms with Crippen molar-refractivity contribution in [3.63, 3.8) is 0 Å². The molecule has 0 aromatic heterocycles. The molecule has 1 amide bonds. The van der Waals surface area contributed by atoms with Crippen molar-refractivity contribution in [3.05, 3.63) is 0 Å². The van der Waals surface area contributed by atoms with Gasteiger partial charge in [0.2, 0.25) is 5.91 Å². The van der Waals surface area contributed by atoms with Crippen molar-refractivity contribution in [1.29, 1.82) is 0 Å². The third-order valence-corrected chi connectivity index (χ3v) is 3.15. The maximum atomic E-state index is 11.8. The first kappa shape index (κ1) is 15.0. The van der Waals surface area contributed by atoms with Crippen molar-refractivity contribution in [2.75, 3.05) is 6.54 Å². The number of amides is 1. The summed E-state index contributed by atoms with van der Waals surface area (Å²) < 4.78 is 5.44. The van der Waals surface area contributed by atoms with Gasteiger partial charge in [0.15, 0.2) is 0 Å². The van der Waals surface area contributed by atoms with Crippen LogP contribution in [0.3, 0.4) is 0 Å². The van der Waals surface area contributed by atoms with E-state index in [1.54, 1.807) is 0 Å². The molecule has 3 atom stereocenters. The molecule has 0 aromatic carbocycles. The molecule has 1 fully saturated rings. The Balaban J connectivity index is 2.37. The second-order valence-corrected chi connectivity index (χ2v) is 5.42. The highest BCUT2D eigenvalue weighted by molar-refractivity contribution is 5.81. The van der Waals surface area contributed by atoms with Crippen LogP contribution in [0, 0.1) is 11.8 Å². The van der Waals surface area contributed by atoms with Crippen LogP contribution >= 0.6 is 0 Å². The molecule has 0 aromatic rings. The van der Waals surface area contributed by atoms with Crippen molar-refractivity contribution in [3.8, 4) is 0 Å². The monoisotopic (exact) mass is 257 g/mol. The molecule has 0 aliphatic carbocycles. The third kappa shape index (κ3) is 4.64. The SMILES string of the molecule is CC(C)C[C@H](CNC(=O)[C@H]1CC[C@@H](C)O1)C(=O)O. The average molecular weight is 257 g/mol. The molecule has 0 radical (unpaired) electrons. The number of ether oxygens (including phenoxy) is 1. The van der Waals surface area contributed by atoms with Crippen LogP contribution in [0.1, 0.15) is 40.0 Å². The lowest BCUT2D eigenvalue weighted by atomic mass is 9.97. The fraction of sp³-hybridized carbons (Fsp3) is 0.846. The van der Waals surface area contributed by atoms with Gasteiger partial charge in [-0.15, -0.1) is 0 Å². The average Bonchev–Trinajstić information content (AvgIpc) is 2.69. The fourth-order valence-electron chi connectivity index (χ4n) is 2.17. The number of hydrogen-bond acceptors (Lipinski definition) is 3. The molecular formula is C13H23NO4. The van der Waals surface area contributed by atoms with Gasteiger partial charge in [-0.25, -0.2) is 0 Å². The Kier molecular flexibility index (Phi) is 5.59. The van der Waals surface area contributed by atoms with E-state index in [-0.39, 0.29) is 18.6 Å². The molecule has 1 aliphatic rings. The van der Waals surface area contributed by atoms with Crippen LogP contribution in [0.15, 0.2) is 0 Å². The van der Waals surface area contributed by atoms with E-state index in [1.807, 2.05) is 20.8 Å². The third-order valence-electron chi connectivity index (χ3n) is 3.15. The zero-order chi connectivity index (χ0) is 13.7. The summed E-state index contributed by atoms with van der Waals surface area (Å²) in [5.74, 6) is -1.27. The maximum absolute atomic E-state index is 11.8. The zero-order valence-electron chi connectivity index (χ0n) is 11.3. The molecule has 18 heavy (non-hydrogen) atoms. The lowest BCUT2D eigenvalue weighted by Crippen LogP contribution is -2.39. The van der Waals surface area contributed by atoms with Crippen LogP contribution in [0.5, 0.6) is 0 Å². The first-order valence-electron chi connectivity index (χ1n) is 6.56. The van der Waals surface area contributed by atoms with E-state index >= 15 is 0 Å². The number of rotatable bonds is 6. The second-order valence-electron chi connectivity index (χ2n) is 5.42. The largest absolute Gasteiger partial charge is 0.481 e. The topological polar surface area (TPSA) is 75.6 Å². The first-order valence-corrected chi connectivity index (χ1v) is 6.56. The van der Waals surface area contributed by atoms with Gasteiger partial charge in [0.1, 0.15) is 6.10 Å². The van der Waals surface area contributed by atoms with E-state index in [0.717, 1.165) is 12.8 Å². The molecule has 5 heteroatoms. The standard InChI is InChI=1S/C13H23NO4/c1-8(2)6-10(13(16)17)7-14-12(15)11-5-4-9(3)18-11/h8-11H,4-7H2,1-3H3,(H,14,15)(H,16,17)/t9-,10-,11-/m1/s1. The summed E-state index contributed by atoms with van der Waals surface area (Å²) in [6.07, 6.45) is 1.87. The van der Waals surface area contributed by atoms with E-state index in [9.17, 15) is 9.59 Å². The number of carboxylic acid groups (broad SMARTS) is 1. The molecule has 2 N–H and O–H groups in total. The molecule has 5 nitrogen and oxygen atoms in total. The highest BCUT2D eigenvalue weighted by Gasteiger charge is 2.29. The number of carbonyl (C=O) groups is 2. The highest BCUT2D eigenvalue weighted by Crippen LogP contribution is 2.19. The summed E-state index contributed by atoms with van der Waals surface area (Å²) in [6.45, 7) is 6.06. The minimum absolute atomic E-state index is 0.117. The summed E-state index contributed by atoms with van der Waals surface area (Å²) in [5, 5.41) is 11.7. The van der Waals surface area contributed by atoms with Crippen LogP contribution in [0.2, 0.25) is 0 Å². The van der Waals surface area contributed by atoms with Gasteiger partial charge in [-0.05, 0) is 32.1 Å². The zero-order valence-corrected chi connectivity index (χ0v) is 11.3. The molecule has 1 rings (SSSR count). The minimum Gasteiger partial charge on any atom is -0.481 e. The van der Waals surface area contributed by atoms with Crippen molar-refractivity contribution in [2.45, 2.75) is 52.2 Å². The van der Waals surface area contributed by atoms with E-state index in [1.165, 1.54) is 0 Å². The Labute approximate surface area is 108 Å². The van der Waals surface area contributed by atoms with Gasteiger partial charge in [0.05, 0.1) is 12.0 Å². The van der Waals surface area contributed by atoms with Crippen LogP contribution in [0.25, 0.3) is 0 Å². The molecule has 1 heterocycles. The van der Waals surface area contributed by atoms with Crippen LogP contribution < -0.4 is 5.32 Å². The first-order chi connectivity index (χ1) is 8.40. The normalized spacial score (nSPS) is 25.1. The second kappa shape index (κ2) is 6.73. The number of aliphatic carboxylic acids is 1. The number of nitrogens with one attached hydrogen (secondary N) is 1. The molecular weight excluding hydrogens is 234 g/mol. The molecule has 1 aliphatic heterocycles. The van der Waals surface area contributed by atoms with Crippen LogP contribution in [-0.2, 0) is 14.3 Å². The van der Waals surface area contributed by atoms with E-state index in [0.29, 0.717) is 12.3 Å². The lowest BCUT2D eigenvalue weighted by molar-refractivity contribution is -0.142. The van der Waals surface area contributed by atoms with Gasteiger partial charge in [-0.1, -0.05) is 13.8 Å². The Morgan fingerprint density at radius 2 is 2.06 bits per heavy atom. The molecule has 0 spiro atoms. The van der Waals surface area contributed by atoms with Crippen LogP contribution in [-0.4, -0.2) is 35.7 Å².